The Kier molecular flexibility index (Phi) is 2.31. The number of ether oxygens (including phenoxy) is 1. The number of hydrogen-bond donors (Lipinski definition) is 1. The SMILES string of the molecule is CC1(C)CC(n2cccc2C(=O)O)CO1. The summed E-state index contributed by atoms with van der Waals surface area (Å²) in [5.74, 6) is -0.885. The lowest BCUT2D eigenvalue weighted by molar-refractivity contribution is 0.0352. The summed E-state index contributed by atoms with van der Waals surface area (Å²) in [5, 5.41) is 8.98. The minimum absolute atomic E-state index is 0.140. The maximum absolute atomic E-state index is 10.9. The summed E-state index contributed by atoms with van der Waals surface area (Å²) in [5.41, 5.74) is 0.186. The second-order valence-electron chi connectivity index (χ2n) is 4.53. The standard InChI is InChI=1S/C11H15NO3/c1-11(2)6-8(7-15-11)12-5-3-4-9(12)10(13)14/h3-5,8H,6-7H2,1-2H3,(H,13,14). The highest BCUT2D eigenvalue weighted by Gasteiger charge is 2.33. The predicted molar refractivity (Wildman–Crippen MR) is 55.1 cm³/mol. The Morgan fingerprint density at radius 1 is 1.67 bits per heavy atom. The van der Waals surface area contributed by atoms with Crippen molar-refractivity contribution in [2.24, 2.45) is 0 Å². The molecule has 2 heterocycles. The molecule has 4 heteroatoms. The first-order valence-corrected chi connectivity index (χ1v) is 5.04. The smallest absolute Gasteiger partial charge is 0.352 e. The summed E-state index contributed by atoms with van der Waals surface area (Å²) in [4.78, 5) is 10.9. The summed E-state index contributed by atoms with van der Waals surface area (Å²) < 4.78 is 7.39. The molecule has 1 saturated heterocycles. The zero-order valence-electron chi connectivity index (χ0n) is 8.93. The minimum Gasteiger partial charge on any atom is -0.477 e. The Morgan fingerprint density at radius 2 is 2.40 bits per heavy atom. The van der Waals surface area contributed by atoms with Crippen LogP contribution in [0.1, 0.15) is 36.8 Å². The van der Waals surface area contributed by atoms with Crippen molar-refractivity contribution >= 4 is 5.97 Å². The lowest BCUT2D eigenvalue weighted by Crippen LogP contribution is -2.18. The van der Waals surface area contributed by atoms with E-state index >= 15 is 0 Å². The van der Waals surface area contributed by atoms with Crippen molar-refractivity contribution in [3.63, 3.8) is 0 Å². The Bertz CT molecular complexity index is 381. The van der Waals surface area contributed by atoms with Crippen molar-refractivity contribution in [2.75, 3.05) is 6.61 Å². The molecule has 2 rings (SSSR count). The van der Waals surface area contributed by atoms with Gasteiger partial charge in [-0.1, -0.05) is 0 Å². The van der Waals surface area contributed by atoms with Crippen LogP contribution in [0, 0.1) is 0 Å². The molecule has 1 aliphatic heterocycles. The molecule has 0 radical (unpaired) electrons. The fourth-order valence-corrected chi connectivity index (χ4v) is 2.08. The van der Waals surface area contributed by atoms with Gasteiger partial charge in [-0.3, -0.25) is 0 Å². The van der Waals surface area contributed by atoms with Crippen LogP contribution in [0.5, 0.6) is 0 Å². The monoisotopic (exact) mass is 209 g/mol. The molecule has 0 saturated carbocycles. The lowest BCUT2D eigenvalue weighted by Gasteiger charge is -2.16. The van der Waals surface area contributed by atoms with Gasteiger partial charge in [-0.2, -0.15) is 0 Å². The molecule has 82 valence electrons. The van der Waals surface area contributed by atoms with Crippen LogP contribution in [-0.2, 0) is 4.74 Å². The molecule has 1 unspecified atom stereocenters. The largest absolute Gasteiger partial charge is 0.477 e. The van der Waals surface area contributed by atoms with E-state index in [0.717, 1.165) is 6.42 Å². The molecule has 0 bridgehead atoms. The average Bonchev–Trinajstić information content (AvgIpc) is 2.69. The van der Waals surface area contributed by atoms with Gasteiger partial charge in [-0.15, -0.1) is 0 Å². The van der Waals surface area contributed by atoms with Crippen LogP contribution in [0.25, 0.3) is 0 Å². The van der Waals surface area contributed by atoms with E-state index in [2.05, 4.69) is 0 Å². The van der Waals surface area contributed by atoms with Gasteiger partial charge in [0.2, 0.25) is 0 Å². The van der Waals surface area contributed by atoms with E-state index in [-0.39, 0.29) is 11.6 Å². The van der Waals surface area contributed by atoms with Crippen molar-refractivity contribution in [2.45, 2.75) is 31.9 Å². The number of hydrogen-bond acceptors (Lipinski definition) is 2. The van der Waals surface area contributed by atoms with Crippen LogP contribution >= 0.6 is 0 Å². The van der Waals surface area contributed by atoms with Crippen molar-refractivity contribution in [3.05, 3.63) is 24.0 Å². The molecule has 0 aliphatic carbocycles. The van der Waals surface area contributed by atoms with Crippen molar-refractivity contribution in [1.82, 2.24) is 4.57 Å². The van der Waals surface area contributed by atoms with Crippen LogP contribution in [0.4, 0.5) is 0 Å². The second-order valence-corrected chi connectivity index (χ2v) is 4.53. The van der Waals surface area contributed by atoms with Gasteiger partial charge >= 0.3 is 5.97 Å². The van der Waals surface area contributed by atoms with Crippen molar-refractivity contribution in [3.8, 4) is 0 Å². The molecule has 0 aromatic carbocycles. The van der Waals surface area contributed by atoms with Gasteiger partial charge in [0.1, 0.15) is 5.69 Å². The van der Waals surface area contributed by atoms with Gasteiger partial charge in [-0.25, -0.2) is 4.79 Å². The highest BCUT2D eigenvalue weighted by atomic mass is 16.5. The summed E-state index contributed by atoms with van der Waals surface area (Å²) in [6, 6.07) is 3.52. The zero-order chi connectivity index (χ0) is 11.1. The van der Waals surface area contributed by atoms with Crippen LogP contribution in [0.2, 0.25) is 0 Å². The number of carbonyl (C=O) groups is 1. The molecule has 1 N–H and O–H groups in total. The van der Waals surface area contributed by atoms with E-state index in [4.69, 9.17) is 9.84 Å². The van der Waals surface area contributed by atoms with Crippen LogP contribution in [0.3, 0.4) is 0 Å². The number of nitrogens with zero attached hydrogens (tertiary/aromatic N) is 1. The van der Waals surface area contributed by atoms with Crippen LogP contribution in [0.15, 0.2) is 18.3 Å². The topological polar surface area (TPSA) is 51.5 Å². The molecule has 1 aromatic rings. The molecule has 15 heavy (non-hydrogen) atoms. The molecule has 1 aliphatic rings. The Hall–Kier alpha value is -1.29. The predicted octanol–water partition coefficient (Wildman–Crippen LogP) is 1.93. The summed E-state index contributed by atoms with van der Waals surface area (Å²) in [6.07, 6.45) is 2.65. The third-order valence-corrected chi connectivity index (χ3v) is 2.79. The Morgan fingerprint density at radius 3 is 2.93 bits per heavy atom. The zero-order valence-corrected chi connectivity index (χ0v) is 8.93. The van der Waals surface area contributed by atoms with E-state index in [1.165, 1.54) is 0 Å². The highest BCUT2D eigenvalue weighted by Crippen LogP contribution is 2.33. The number of carboxylic acids is 1. The maximum atomic E-state index is 10.9. The van der Waals surface area contributed by atoms with Crippen molar-refractivity contribution in [1.29, 1.82) is 0 Å². The molecule has 1 fully saturated rings. The van der Waals surface area contributed by atoms with Crippen LogP contribution in [-0.4, -0.2) is 27.9 Å². The highest BCUT2D eigenvalue weighted by molar-refractivity contribution is 5.85. The minimum atomic E-state index is -0.885. The fraction of sp³-hybridized carbons (Fsp3) is 0.545. The Balaban J connectivity index is 2.24. The van der Waals surface area contributed by atoms with E-state index in [1.54, 1.807) is 22.9 Å². The molecular weight excluding hydrogens is 194 g/mol. The maximum Gasteiger partial charge on any atom is 0.352 e. The quantitative estimate of drug-likeness (QED) is 0.809. The number of aromatic nitrogens is 1. The Labute approximate surface area is 88.5 Å². The average molecular weight is 209 g/mol. The first kappa shape index (κ1) is 10.2. The van der Waals surface area contributed by atoms with Crippen LogP contribution < -0.4 is 0 Å². The van der Waals surface area contributed by atoms with Gasteiger partial charge in [-0.05, 0) is 32.4 Å². The molecule has 0 spiro atoms. The van der Waals surface area contributed by atoms with Gasteiger partial charge in [0, 0.05) is 6.20 Å². The number of aromatic carboxylic acids is 1. The third-order valence-electron chi connectivity index (χ3n) is 2.79. The summed E-state index contributed by atoms with van der Waals surface area (Å²) >= 11 is 0. The van der Waals surface area contributed by atoms with Gasteiger partial charge in [0.15, 0.2) is 0 Å². The van der Waals surface area contributed by atoms with Gasteiger partial charge in [0.25, 0.3) is 0 Å². The molecule has 0 amide bonds. The van der Waals surface area contributed by atoms with E-state index < -0.39 is 5.97 Å². The summed E-state index contributed by atoms with van der Waals surface area (Å²) in [7, 11) is 0. The molecule has 1 aromatic heterocycles. The van der Waals surface area contributed by atoms with Gasteiger partial charge in [0.05, 0.1) is 18.2 Å². The number of rotatable bonds is 2. The molecule has 4 nitrogen and oxygen atoms in total. The van der Waals surface area contributed by atoms with Gasteiger partial charge < -0.3 is 14.4 Å². The van der Waals surface area contributed by atoms with Crippen molar-refractivity contribution < 1.29 is 14.6 Å². The normalized spacial score (nSPS) is 24.3. The first-order valence-electron chi connectivity index (χ1n) is 5.04. The first-order chi connectivity index (χ1) is 6.99. The summed E-state index contributed by atoms with van der Waals surface area (Å²) in [6.45, 7) is 4.63. The molecule has 1 atom stereocenters. The number of carboxylic acid groups (broad SMARTS) is 1. The second kappa shape index (κ2) is 3.38. The fourth-order valence-electron chi connectivity index (χ4n) is 2.08. The molecular formula is C11H15NO3. The van der Waals surface area contributed by atoms with E-state index in [9.17, 15) is 4.79 Å². The third kappa shape index (κ3) is 1.90. The lowest BCUT2D eigenvalue weighted by atomic mass is 10.0. The van der Waals surface area contributed by atoms with E-state index in [0.29, 0.717) is 12.3 Å². The van der Waals surface area contributed by atoms with E-state index in [1.807, 2.05) is 13.8 Å².